The molecular weight excluding hydrogens is 232 g/mol. The maximum Gasteiger partial charge on any atom is 0.147 e. The predicted molar refractivity (Wildman–Crippen MR) is 61.8 cm³/mol. The number of ketones is 1. The van der Waals surface area contributed by atoms with Crippen LogP contribution in [0.4, 0.5) is 0 Å². The fourth-order valence-corrected chi connectivity index (χ4v) is 4.70. The molecule has 0 aliphatic carbocycles. The zero-order valence-electron chi connectivity index (χ0n) is 6.53. The minimum absolute atomic E-state index is 0.108. The Labute approximate surface area is 91.8 Å². The van der Waals surface area contributed by atoms with E-state index in [1.54, 1.807) is 0 Å². The summed E-state index contributed by atoms with van der Waals surface area (Å²) in [7, 11) is 0. The van der Waals surface area contributed by atoms with E-state index in [1.165, 1.54) is 0 Å². The molecule has 1 rings (SSSR count). The molecule has 1 aliphatic rings. The summed E-state index contributed by atoms with van der Waals surface area (Å²) in [5.41, 5.74) is 0. The van der Waals surface area contributed by atoms with Gasteiger partial charge in [0.15, 0.2) is 0 Å². The quantitative estimate of drug-likeness (QED) is 0.602. The summed E-state index contributed by atoms with van der Waals surface area (Å²) >= 11 is 13.5. The van der Waals surface area contributed by atoms with Crippen LogP contribution in [0.3, 0.4) is 0 Å². The highest BCUT2D eigenvalue weighted by Gasteiger charge is 2.27. The van der Waals surface area contributed by atoms with Crippen molar-refractivity contribution in [3.05, 3.63) is 0 Å². The minimum Gasteiger partial charge on any atom is -0.298 e. The topological polar surface area (TPSA) is 17.1 Å². The molecule has 0 bridgehead atoms. The van der Waals surface area contributed by atoms with Crippen LogP contribution in [0.2, 0.25) is 0 Å². The van der Waals surface area contributed by atoms with Gasteiger partial charge in [-0.3, -0.25) is 4.79 Å². The Morgan fingerprint density at radius 2 is 2.50 bits per heavy atom. The van der Waals surface area contributed by atoms with E-state index in [2.05, 4.69) is 12.6 Å². The van der Waals surface area contributed by atoms with E-state index >= 15 is 0 Å². The van der Waals surface area contributed by atoms with Crippen molar-refractivity contribution >= 4 is 53.5 Å². The molecule has 70 valence electrons. The van der Waals surface area contributed by atoms with Crippen molar-refractivity contribution in [3.63, 3.8) is 0 Å². The van der Waals surface area contributed by atoms with Crippen LogP contribution in [0, 0.1) is 0 Å². The first-order chi connectivity index (χ1) is 5.75. The molecule has 0 N–H and O–H groups in total. The van der Waals surface area contributed by atoms with E-state index in [1.807, 2.05) is 23.5 Å². The Hall–Kier alpha value is 1.01. The zero-order chi connectivity index (χ0) is 8.97. The highest BCUT2D eigenvalue weighted by molar-refractivity contribution is 8.19. The van der Waals surface area contributed by atoms with Crippen LogP contribution in [-0.4, -0.2) is 33.0 Å². The fraction of sp³-hybridized carbons (Fsp3) is 0.857. The molecule has 1 aliphatic heterocycles. The van der Waals surface area contributed by atoms with E-state index in [0.29, 0.717) is 17.6 Å². The molecule has 0 radical (unpaired) electrons. The van der Waals surface area contributed by atoms with Crippen LogP contribution in [0.15, 0.2) is 0 Å². The number of carbonyl (C=O) groups is 1. The Morgan fingerprint density at radius 3 is 3.00 bits per heavy atom. The van der Waals surface area contributed by atoms with Gasteiger partial charge in [-0.05, 0) is 0 Å². The van der Waals surface area contributed by atoms with Gasteiger partial charge in [-0.15, -0.1) is 35.1 Å². The van der Waals surface area contributed by atoms with Crippen LogP contribution in [0.1, 0.15) is 6.42 Å². The van der Waals surface area contributed by atoms with Crippen LogP contribution in [-0.2, 0) is 4.79 Å². The average Bonchev–Trinajstić information content (AvgIpc) is 2.55. The van der Waals surface area contributed by atoms with Crippen molar-refractivity contribution < 1.29 is 4.79 Å². The predicted octanol–water partition coefficient (Wildman–Crippen LogP) is 2.29. The number of hydrogen-bond donors (Lipinski definition) is 1. The molecule has 1 nitrogen and oxygen atoms in total. The molecule has 0 aromatic heterocycles. The second kappa shape index (κ2) is 5.68. The lowest BCUT2D eigenvalue weighted by Gasteiger charge is -2.14. The fourth-order valence-electron chi connectivity index (χ4n) is 0.979. The molecule has 0 aromatic rings. The average molecular weight is 243 g/mol. The molecule has 2 unspecified atom stereocenters. The second-order valence-corrected chi connectivity index (χ2v) is 6.10. The molecule has 0 spiro atoms. The number of carbonyl (C=O) groups excluding carboxylic acids is 1. The highest BCUT2D eigenvalue weighted by atomic mass is 35.5. The van der Waals surface area contributed by atoms with Gasteiger partial charge in [0, 0.05) is 28.4 Å². The van der Waals surface area contributed by atoms with E-state index < -0.39 is 0 Å². The van der Waals surface area contributed by atoms with Crippen molar-refractivity contribution in [2.24, 2.45) is 0 Å². The van der Waals surface area contributed by atoms with E-state index in [0.717, 1.165) is 10.8 Å². The SMILES string of the molecule is O=C(CCCl)C(S)C1CSCS1. The van der Waals surface area contributed by atoms with Gasteiger partial charge in [0.05, 0.1) is 5.25 Å². The monoisotopic (exact) mass is 242 g/mol. The van der Waals surface area contributed by atoms with Gasteiger partial charge in [0.25, 0.3) is 0 Å². The van der Waals surface area contributed by atoms with E-state index in [-0.39, 0.29) is 11.0 Å². The molecule has 1 heterocycles. The molecule has 1 saturated heterocycles. The summed E-state index contributed by atoms with van der Waals surface area (Å²) in [4.78, 5) is 11.3. The molecule has 1 fully saturated rings. The van der Waals surface area contributed by atoms with Gasteiger partial charge in [0.2, 0.25) is 0 Å². The maximum absolute atomic E-state index is 11.3. The molecule has 5 heteroatoms. The van der Waals surface area contributed by atoms with Crippen molar-refractivity contribution in [1.29, 1.82) is 0 Å². The highest BCUT2D eigenvalue weighted by Crippen LogP contribution is 2.33. The first-order valence-electron chi connectivity index (χ1n) is 3.72. The van der Waals surface area contributed by atoms with E-state index in [9.17, 15) is 4.79 Å². The summed E-state index contributed by atoms with van der Waals surface area (Å²) in [6.07, 6.45) is 0.456. The molecule has 0 aromatic carbocycles. The number of alkyl halides is 1. The summed E-state index contributed by atoms with van der Waals surface area (Å²) in [6.45, 7) is 0. The van der Waals surface area contributed by atoms with Crippen LogP contribution < -0.4 is 0 Å². The lowest BCUT2D eigenvalue weighted by molar-refractivity contribution is -0.118. The van der Waals surface area contributed by atoms with Gasteiger partial charge in [0.1, 0.15) is 5.78 Å². The maximum atomic E-state index is 11.3. The van der Waals surface area contributed by atoms with Crippen LogP contribution in [0.25, 0.3) is 0 Å². The number of Topliss-reactive ketones (excluding diaryl/α,β-unsaturated/α-hetero) is 1. The lowest BCUT2D eigenvalue weighted by Crippen LogP contribution is -2.27. The minimum atomic E-state index is -0.108. The summed E-state index contributed by atoms with van der Waals surface area (Å²) in [5.74, 6) is 1.65. The number of thioether (sulfide) groups is 2. The standard InChI is InChI=1S/C7H11ClOS3/c8-2-1-5(9)7(10)6-3-11-4-12-6/h6-7,10H,1-4H2. The van der Waals surface area contributed by atoms with E-state index in [4.69, 9.17) is 11.6 Å². The largest absolute Gasteiger partial charge is 0.298 e. The summed E-state index contributed by atoms with van der Waals surface area (Å²) in [5, 5.41) is 1.38. The van der Waals surface area contributed by atoms with Crippen molar-refractivity contribution in [2.75, 3.05) is 16.7 Å². The summed E-state index contributed by atoms with van der Waals surface area (Å²) < 4.78 is 0. The zero-order valence-corrected chi connectivity index (χ0v) is 9.82. The number of rotatable bonds is 4. The number of thiol groups is 1. The molecular formula is C7H11ClOS3. The summed E-state index contributed by atoms with van der Waals surface area (Å²) in [6, 6.07) is 0. The van der Waals surface area contributed by atoms with Gasteiger partial charge in [-0.25, -0.2) is 0 Å². The van der Waals surface area contributed by atoms with Crippen LogP contribution >= 0.6 is 47.8 Å². The Bertz CT molecular complexity index is 159. The smallest absolute Gasteiger partial charge is 0.147 e. The van der Waals surface area contributed by atoms with Crippen molar-refractivity contribution in [3.8, 4) is 0 Å². The van der Waals surface area contributed by atoms with Gasteiger partial charge in [-0.2, -0.15) is 12.6 Å². The lowest BCUT2D eigenvalue weighted by atomic mass is 10.2. The van der Waals surface area contributed by atoms with Gasteiger partial charge in [-0.1, -0.05) is 0 Å². The second-order valence-electron chi connectivity index (χ2n) is 2.54. The van der Waals surface area contributed by atoms with Crippen LogP contribution in [0.5, 0.6) is 0 Å². The first kappa shape index (κ1) is 11.1. The van der Waals surface area contributed by atoms with Crippen molar-refractivity contribution in [2.45, 2.75) is 16.9 Å². The first-order valence-corrected chi connectivity index (χ1v) is 6.97. The molecule has 12 heavy (non-hydrogen) atoms. The third kappa shape index (κ3) is 3.05. The Morgan fingerprint density at radius 1 is 1.75 bits per heavy atom. The number of hydrogen-bond acceptors (Lipinski definition) is 4. The number of halogens is 1. The van der Waals surface area contributed by atoms with Gasteiger partial charge >= 0.3 is 0 Å². The third-order valence-corrected chi connectivity index (χ3v) is 5.59. The third-order valence-electron chi connectivity index (χ3n) is 1.67. The molecule has 2 atom stereocenters. The molecule has 0 saturated carbocycles. The normalized spacial score (nSPS) is 25.7. The van der Waals surface area contributed by atoms with Crippen molar-refractivity contribution in [1.82, 2.24) is 0 Å². The van der Waals surface area contributed by atoms with Gasteiger partial charge < -0.3 is 0 Å². The Kier molecular flexibility index (Phi) is 5.25. The molecule has 0 amide bonds. The Balaban J connectivity index is 2.34.